The minimum Gasteiger partial charge on any atom is -0.383 e. The van der Waals surface area contributed by atoms with Crippen molar-refractivity contribution in [2.24, 2.45) is 17.3 Å². The first-order valence-corrected chi connectivity index (χ1v) is 9.57. The zero-order valence-electron chi connectivity index (χ0n) is 13.8. The summed E-state index contributed by atoms with van der Waals surface area (Å²) in [6, 6.07) is 2.80. The molecule has 122 valence electrons. The third-order valence-corrected chi connectivity index (χ3v) is 6.49. The molecule has 5 heteroatoms. The molecule has 3 atom stereocenters. The first-order chi connectivity index (χ1) is 10.5. The van der Waals surface area contributed by atoms with Gasteiger partial charge in [-0.05, 0) is 72.6 Å². The van der Waals surface area contributed by atoms with Crippen molar-refractivity contribution in [1.82, 2.24) is 14.7 Å². The molecule has 4 nitrogen and oxygen atoms in total. The molecule has 2 aliphatic carbocycles. The van der Waals surface area contributed by atoms with Gasteiger partial charge >= 0.3 is 0 Å². The van der Waals surface area contributed by atoms with Gasteiger partial charge in [-0.15, -0.1) is 0 Å². The summed E-state index contributed by atoms with van der Waals surface area (Å²) >= 11 is 2.36. The molecule has 1 aliphatic heterocycles. The minimum absolute atomic E-state index is 0.474. The number of rotatable bonds is 5. The first kappa shape index (κ1) is 15.4. The molecule has 4 rings (SSSR count). The van der Waals surface area contributed by atoms with Crippen molar-refractivity contribution < 1.29 is 4.74 Å². The third-order valence-electron chi connectivity index (χ3n) is 5.96. The van der Waals surface area contributed by atoms with E-state index in [1.807, 2.05) is 0 Å². The summed E-state index contributed by atoms with van der Waals surface area (Å²) in [7, 11) is 1.80. The van der Waals surface area contributed by atoms with E-state index < -0.39 is 0 Å². The molecule has 0 radical (unpaired) electrons. The van der Waals surface area contributed by atoms with Crippen LogP contribution in [0.25, 0.3) is 0 Å². The highest BCUT2D eigenvalue weighted by Crippen LogP contribution is 2.70. The number of ether oxygens (including phenoxy) is 1. The second-order valence-electron chi connectivity index (χ2n) is 7.90. The summed E-state index contributed by atoms with van der Waals surface area (Å²) in [4.78, 5) is 2.56. The lowest BCUT2D eigenvalue weighted by atomic mass is 9.74. The lowest BCUT2D eigenvalue weighted by Gasteiger charge is -2.49. The maximum atomic E-state index is 5.19. The molecule has 0 amide bonds. The third kappa shape index (κ3) is 2.44. The SMILES string of the molecule is COCCN1CC2(C[C@@H]3C(c4cc(I)nn4C(C)C)[C@@H]3C2)C1. The molecule has 2 heterocycles. The number of halogens is 1. The molecular weight excluding hydrogens is 389 g/mol. The van der Waals surface area contributed by atoms with Gasteiger partial charge in [0, 0.05) is 44.4 Å². The Morgan fingerprint density at radius 1 is 1.36 bits per heavy atom. The van der Waals surface area contributed by atoms with Gasteiger partial charge in [0.25, 0.3) is 0 Å². The van der Waals surface area contributed by atoms with E-state index in [1.165, 1.54) is 31.6 Å². The molecule has 1 saturated heterocycles. The van der Waals surface area contributed by atoms with Gasteiger partial charge in [0.15, 0.2) is 0 Å². The van der Waals surface area contributed by atoms with E-state index in [1.54, 1.807) is 7.11 Å². The van der Waals surface area contributed by atoms with Gasteiger partial charge in [-0.25, -0.2) is 0 Å². The van der Waals surface area contributed by atoms with Crippen LogP contribution >= 0.6 is 22.6 Å². The highest BCUT2D eigenvalue weighted by Gasteiger charge is 2.65. The molecule has 1 aromatic rings. The molecule has 2 saturated carbocycles. The number of methoxy groups -OCH3 is 1. The Morgan fingerprint density at radius 2 is 2.05 bits per heavy atom. The van der Waals surface area contributed by atoms with Crippen LogP contribution in [0.15, 0.2) is 6.07 Å². The van der Waals surface area contributed by atoms with E-state index in [0.29, 0.717) is 11.5 Å². The van der Waals surface area contributed by atoms with Gasteiger partial charge in [0.05, 0.1) is 6.61 Å². The van der Waals surface area contributed by atoms with E-state index in [9.17, 15) is 0 Å². The van der Waals surface area contributed by atoms with Gasteiger partial charge in [0.2, 0.25) is 0 Å². The quantitative estimate of drug-likeness (QED) is 0.693. The molecular formula is C17H26IN3O. The van der Waals surface area contributed by atoms with Crippen LogP contribution in [0.1, 0.15) is 44.3 Å². The Morgan fingerprint density at radius 3 is 2.64 bits per heavy atom. The summed E-state index contributed by atoms with van der Waals surface area (Å²) in [5.74, 6) is 2.64. The monoisotopic (exact) mass is 415 g/mol. The molecule has 1 aromatic heterocycles. The fourth-order valence-electron chi connectivity index (χ4n) is 5.10. The molecule has 0 aromatic carbocycles. The maximum absolute atomic E-state index is 5.19. The van der Waals surface area contributed by atoms with Gasteiger partial charge < -0.3 is 4.74 Å². The lowest BCUT2D eigenvalue weighted by Crippen LogP contribution is -2.56. The number of hydrogen-bond donors (Lipinski definition) is 0. The second kappa shape index (κ2) is 5.45. The fraction of sp³-hybridized carbons (Fsp3) is 0.824. The fourth-order valence-corrected chi connectivity index (χ4v) is 5.65. The highest BCUT2D eigenvalue weighted by atomic mass is 127. The van der Waals surface area contributed by atoms with Crippen LogP contribution in [0.4, 0.5) is 0 Å². The molecule has 1 spiro atoms. The van der Waals surface area contributed by atoms with Crippen molar-refractivity contribution in [3.05, 3.63) is 15.5 Å². The van der Waals surface area contributed by atoms with Crippen LogP contribution in [0, 0.1) is 21.0 Å². The van der Waals surface area contributed by atoms with Crippen LogP contribution in [0.2, 0.25) is 0 Å². The van der Waals surface area contributed by atoms with Crippen molar-refractivity contribution in [2.75, 3.05) is 33.4 Å². The largest absolute Gasteiger partial charge is 0.383 e. The molecule has 1 unspecified atom stereocenters. The number of likely N-dealkylation sites (tertiary alicyclic amines) is 1. The summed E-state index contributed by atoms with van der Waals surface area (Å²) in [6.07, 6.45) is 2.87. The van der Waals surface area contributed by atoms with Gasteiger partial charge in [-0.1, -0.05) is 0 Å². The van der Waals surface area contributed by atoms with Crippen LogP contribution in [-0.2, 0) is 4.74 Å². The summed E-state index contributed by atoms with van der Waals surface area (Å²) < 4.78 is 8.61. The van der Waals surface area contributed by atoms with Gasteiger partial charge in [0.1, 0.15) is 3.70 Å². The minimum atomic E-state index is 0.474. The molecule has 3 aliphatic rings. The van der Waals surface area contributed by atoms with E-state index >= 15 is 0 Å². The van der Waals surface area contributed by atoms with Gasteiger partial charge in [-0.2, -0.15) is 5.10 Å². The first-order valence-electron chi connectivity index (χ1n) is 8.49. The Labute approximate surface area is 146 Å². The van der Waals surface area contributed by atoms with Crippen LogP contribution < -0.4 is 0 Å². The predicted octanol–water partition coefficient (Wildman–Crippen LogP) is 3.14. The Balaban J connectivity index is 1.38. The van der Waals surface area contributed by atoms with Gasteiger partial charge in [-0.3, -0.25) is 9.58 Å². The molecule has 0 bridgehead atoms. The lowest BCUT2D eigenvalue weighted by molar-refractivity contribution is -0.0185. The molecule has 3 fully saturated rings. The zero-order chi connectivity index (χ0) is 15.5. The standard InChI is InChI=1S/C17H26IN3O/c1-11(2)21-14(6-15(18)19-21)16-12-7-17(8-13(12)16)9-20(10-17)4-5-22-3/h6,11-13,16H,4-5,7-10H2,1-3H3/t12-,13+,16?. The summed E-state index contributed by atoms with van der Waals surface area (Å²) in [5, 5.41) is 4.70. The number of hydrogen-bond acceptors (Lipinski definition) is 3. The van der Waals surface area contributed by atoms with Crippen molar-refractivity contribution in [1.29, 1.82) is 0 Å². The topological polar surface area (TPSA) is 30.3 Å². The van der Waals surface area contributed by atoms with Crippen molar-refractivity contribution in [3.63, 3.8) is 0 Å². The van der Waals surface area contributed by atoms with Crippen molar-refractivity contribution in [2.45, 2.75) is 38.6 Å². The number of nitrogens with zero attached hydrogens (tertiary/aromatic N) is 3. The van der Waals surface area contributed by atoms with Crippen LogP contribution in [0.3, 0.4) is 0 Å². The smallest absolute Gasteiger partial charge is 0.123 e. The normalized spacial score (nSPS) is 32.5. The predicted molar refractivity (Wildman–Crippen MR) is 95.0 cm³/mol. The van der Waals surface area contributed by atoms with Crippen molar-refractivity contribution in [3.8, 4) is 0 Å². The summed E-state index contributed by atoms with van der Waals surface area (Å²) in [6.45, 7) is 9.07. The Kier molecular flexibility index (Phi) is 3.81. The molecule has 0 N–H and O–H groups in total. The van der Waals surface area contributed by atoms with Crippen LogP contribution in [0.5, 0.6) is 0 Å². The Bertz CT molecular complexity index is 550. The average molecular weight is 415 g/mol. The maximum Gasteiger partial charge on any atom is 0.123 e. The number of fused-ring (bicyclic) bond motifs is 1. The van der Waals surface area contributed by atoms with E-state index in [2.05, 4.69) is 52.1 Å². The second-order valence-corrected chi connectivity index (χ2v) is 9.00. The molecule has 22 heavy (non-hydrogen) atoms. The van der Waals surface area contributed by atoms with E-state index in [0.717, 1.165) is 34.6 Å². The summed E-state index contributed by atoms with van der Waals surface area (Å²) in [5.41, 5.74) is 2.15. The Hall–Kier alpha value is -0.140. The van der Waals surface area contributed by atoms with E-state index in [4.69, 9.17) is 9.84 Å². The van der Waals surface area contributed by atoms with E-state index in [-0.39, 0.29) is 0 Å². The van der Waals surface area contributed by atoms with Crippen LogP contribution in [-0.4, -0.2) is 48.0 Å². The number of aromatic nitrogens is 2. The van der Waals surface area contributed by atoms with Crippen molar-refractivity contribution >= 4 is 22.6 Å². The average Bonchev–Trinajstić information content (AvgIpc) is 2.81. The highest BCUT2D eigenvalue weighted by molar-refractivity contribution is 14.1. The zero-order valence-corrected chi connectivity index (χ0v) is 15.9.